The first kappa shape index (κ1) is 51.6. The van der Waals surface area contributed by atoms with Crippen molar-refractivity contribution in [2.75, 3.05) is 20.3 Å². The zero-order valence-corrected chi connectivity index (χ0v) is 42.0. The molecule has 6 bridgehead atoms. The fraction of sp³-hybridized carbons (Fsp3) is 0.788. The van der Waals surface area contributed by atoms with Crippen LogP contribution in [0.2, 0.25) is 0 Å². The second kappa shape index (κ2) is 18.3. The van der Waals surface area contributed by atoms with Gasteiger partial charge in [-0.05, 0) is 138 Å². The first-order valence-corrected chi connectivity index (χ1v) is 25.5. The first-order chi connectivity index (χ1) is 33.7. The van der Waals surface area contributed by atoms with Crippen molar-refractivity contribution in [1.82, 2.24) is 0 Å². The predicted octanol–water partition coefficient (Wildman–Crippen LogP) is 2.96. The number of carbonyl (C=O) groups is 11. The van der Waals surface area contributed by atoms with E-state index < -0.39 is 213 Å². The van der Waals surface area contributed by atoms with Crippen molar-refractivity contribution in [1.29, 1.82) is 0 Å². The van der Waals surface area contributed by atoms with Gasteiger partial charge in [0.1, 0.15) is 11.2 Å². The summed E-state index contributed by atoms with van der Waals surface area (Å²) in [4.78, 5) is 155. The van der Waals surface area contributed by atoms with E-state index in [1.165, 1.54) is 6.92 Å². The molecule has 3 heterocycles. The number of esters is 10. The minimum Gasteiger partial charge on any atom is -0.481 e. The Bertz CT molecular complexity index is 2360. The minimum absolute atomic E-state index is 0.00183. The van der Waals surface area contributed by atoms with Gasteiger partial charge in [0.15, 0.2) is 0 Å². The normalized spacial score (nSPS) is 43.8. The zero-order valence-electron chi connectivity index (χ0n) is 42.0. The molecule has 0 aromatic heterocycles. The standard InChI is InChI=1S/C52H66O20/c1-17-20-15-23(35(50(65)72-52(6,7)8)33(20)49(64)71-51(3,4)5)26(17)36-37(46(61)69-45(36)60)28-19-13-21(22(14-19)42(57)67-12-10-11-53)29(28)38-39(48(63)70-47(38)62)31-25-16-24(32(40(54)55)34(25)43(58)66-9)30(31)27-18(2)41(56)68-44(27)59/h17-39,53H,10-16H2,1-9H3,(H,54,55). The summed E-state index contributed by atoms with van der Waals surface area (Å²) in [5.41, 5.74) is -1.87. The van der Waals surface area contributed by atoms with E-state index in [9.17, 15) is 63.0 Å². The predicted molar refractivity (Wildman–Crippen MR) is 237 cm³/mol. The van der Waals surface area contributed by atoms with Crippen LogP contribution < -0.4 is 0 Å². The molecule has 23 unspecified atom stereocenters. The summed E-state index contributed by atoms with van der Waals surface area (Å²) in [5.74, 6) is -33.3. The number of methoxy groups -OCH3 is 1. The molecule has 72 heavy (non-hydrogen) atoms. The number of rotatable bonds is 13. The summed E-state index contributed by atoms with van der Waals surface area (Å²) in [6.45, 7) is 13.2. The smallest absolute Gasteiger partial charge is 0.317 e. The van der Waals surface area contributed by atoms with E-state index in [1.807, 2.05) is 6.92 Å². The monoisotopic (exact) mass is 1010 g/mol. The molecule has 6 saturated carbocycles. The third-order valence-corrected chi connectivity index (χ3v) is 18.7. The maximum absolute atomic E-state index is 14.8. The van der Waals surface area contributed by atoms with Gasteiger partial charge in [0.2, 0.25) is 0 Å². The van der Waals surface area contributed by atoms with Crippen molar-refractivity contribution < 1.29 is 96.1 Å². The molecule has 0 amide bonds. The Morgan fingerprint density at radius 3 is 1.46 bits per heavy atom. The molecule has 20 heteroatoms. The number of fused-ring (bicyclic) bond motifs is 6. The highest BCUT2D eigenvalue weighted by Crippen LogP contribution is 2.71. The SMILES string of the molecule is COC(=O)C1C2CC(C1C(=O)O)C(C1C(=O)OC(=O)C1C)C2C1C(=O)OC(=O)C1C1C2CC(CC2C(=O)OCCCO)C1C1C(=O)OC(=O)C1C1C(C)C2CC1C(C(=O)OC(C)(C)C)C2C(=O)OC(C)(C)C. The Hall–Kier alpha value is -5.27. The summed E-state index contributed by atoms with van der Waals surface area (Å²) in [6, 6.07) is 0. The quantitative estimate of drug-likeness (QED) is 0.116. The van der Waals surface area contributed by atoms with Crippen molar-refractivity contribution in [2.24, 2.45) is 136 Å². The van der Waals surface area contributed by atoms with Gasteiger partial charge < -0.3 is 43.4 Å². The number of aliphatic carboxylic acids is 1. The molecule has 0 radical (unpaired) electrons. The van der Waals surface area contributed by atoms with Crippen LogP contribution in [0.4, 0.5) is 0 Å². The van der Waals surface area contributed by atoms with Crippen LogP contribution in [0.15, 0.2) is 0 Å². The fourth-order valence-corrected chi connectivity index (χ4v) is 16.9. The van der Waals surface area contributed by atoms with E-state index in [-0.39, 0.29) is 38.9 Å². The molecule has 3 saturated heterocycles. The van der Waals surface area contributed by atoms with Crippen LogP contribution in [-0.4, -0.2) is 107 Å². The molecule has 0 aromatic rings. The van der Waals surface area contributed by atoms with Gasteiger partial charge in [0.05, 0.1) is 78.8 Å². The van der Waals surface area contributed by atoms with Crippen LogP contribution in [0.1, 0.15) is 87.5 Å². The van der Waals surface area contributed by atoms with E-state index in [1.54, 1.807) is 41.5 Å². The van der Waals surface area contributed by atoms with Crippen molar-refractivity contribution in [2.45, 2.75) is 98.7 Å². The molecule has 0 aromatic carbocycles. The summed E-state index contributed by atoms with van der Waals surface area (Å²) >= 11 is 0. The molecular weight excluding hydrogens is 945 g/mol. The fourth-order valence-electron chi connectivity index (χ4n) is 16.9. The highest BCUT2D eigenvalue weighted by atomic mass is 16.6. The van der Waals surface area contributed by atoms with Crippen molar-refractivity contribution in [3.63, 3.8) is 0 Å². The Morgan fingerprint density at radius 2 is 0.958 bits per heavy atom. The molecular formula is C52H66O20. The first-order valence-electron chi connectivity index (χ1n) is 25.5. The zero-order chi connectivity index (χ0) is 52.5. The number of hydrogen-bond donors (Lipinski definition) is 2. The summed E-state index contributed by atoms with van der Waals surface area (Å²) in [7, 11) is 1.09. The Balaban J connectivity index is 1.15. The maximum Gasteiger partial charge on any atom is 0.317 e. The van der Waals surface area contributed by atoms with Crippen LogP contribution in [-0.2, 0) is 85.9 Å². The van der Waals surface area contributed by atoms with Crippen LogP contribution in [0.5, 0.6) is 0 Å². The number of cyclic esters (lactones) is 6. The molecule has 0 spiro atoms. The lowest BCUT2D eigenvalue weighted by Gasteiger charge is -2.47. The second-order valence-corrected chi connectivity index (χ2v) is 24.3. The number of hydrogen-bond acceptors (Lipinski definition) is 19. The van der Waals surface area contributed by atoms with E-state index in [0.717, 1.165) is 7.11 Å². The topological polar surface area (TPSA) is 293 Å². The number of carbonyl (C=O) groups excluding carboxylic acids is 10. The molecule has 3 aliphatic heterocycles. The molecule has 9 aliphatic rings. The Morgan fingerprint density at radius 1 is 0.528 bits per heavy atom. The highest BCUT2D eigenvalue weighted by Gasteiger charge is 2.75. The molecule has 23 atom stereocenters. The Kier molecular flexibility index (Phi) is 13.1. The van der Waals surface area contributed by atoms with Gasteiger partial charge in [-0.25, -0.2) is 0 Å². The van der Waals surface area contributed by atoms with Crippen LogP contribution in [0.3, 0.4) is 0 Å². The van der Waals surface area contributed by atoms with Crippen molar-refractivity contribution in [3.8, 4) is 0 Å². The van der Waals surface area contributed by atoms with Crippen LogP contribution >= 0.6 is 0 Å². The summed E-state index contributed by atoms with van der Waals surface area (Å²) in [5, 5.41) is 20.1. The van der Waals surface area contributed by atoms with Gasteiger partial charge in [0.25, 0.3) is 0 Å². The lowest BCUT2D eigenvalue weighted by atomic mass is 9.53. The third kappa shape index (κ3) is 8.14. The summed E-state index contributed by atoms with van der Waals surface area (Å²) in [6.07, 6.45) is 0.824. The van der Waals surface area contributed by atoms with E-state index in [4.69, 9.17) is 33.2 Å². The van der Waals surface area contributed by atoms with Crippen LogP contribution in [0.25, 0.3) is 0 Å². The van der Waals surface area contributed by atoms with Gasteiger partial charge in [0, 0.05) is 13.0 Å². The summed E-state index contributed by atoms with van der Waals surface area (Å²) < 4.78 is 38.8. The maximum atomic E-state index is 14.8. The number of aliphatic hydroxyl groups is 1. The second-order valence-electron chi connectivity index (χ2n) is 24.3. The number of ether oxygens (including phenoxy) is 7. The van der Waals surface area contributed by atoms with Gasteiger partial charge in [-0.1, -0.05) is 13.8 Å². The van der Waals surface area contributed by atoms with Gasteiger partial charge in [-0.2, -0.15) is 0 Å². The molecule has 9 rings (SSSR count). The largest absolute Gasteiger partial charge is 0.481 e. The lowest BCUT2D eigenvalue weighted by Crippen LogP contribution is -2.53. The van der Waals surface area contributed by atoms with Crippen LogP contribution in [0, 0.1) is 136 Å². The molecule has 9 fully saturated rings. The average Bonchev–Trinajstić information content (AvgIpc) is 4.17. The molecule has 2 N–H and O–H groups in total. The minimum atomic E-state index is -1.51. The third-order valence-electron chi connectivity index (χ3n) is 18.7. The lowest BCUT2D eigenvalue weighted by molar-refractivity contribution is -0.179. The van der Waals surface area contributed by atoms with Crippen molar-refractivity contribution in [3.05, 3.63) is 0 Å². The highest BCUT2D eigenvalue weighted by molar-refractivity contribution is 6.00. The number of aliphatic hydroxyl groups excluding tert-OH is 1. The number of carboxylic acids is 1. The van der Waals surface area contributed by atoms with Gasteiger partial charge in [-0.3, -0.25) is 52.7 Å². The van der Waals surface area contributed by atoms with E-state index in [2.05, 4.69) is 0 Å². The van der Waals surface area contributed by atoms with Gasteiger partial charge in [-0.15, -0.1) is 0 Å². The van der Waals surface area contributed by atoms with Crippen molar-refractivity contribution >= 4 is 65.7 Å². The molecule has 6 aliphatic carbocycles. The Labute approximate surface area is 415 Å². The average molecular weight is 1010 g/mol. The van der Waals surface area contributed by atoms with Gasteiger partial charge >= 0.3 is 65.7 Å². The molecule has 394 valence electrons. The van der Waals surface area contributed by atoms with E-state index >= 15 is 0 Å². The number of carboxylic acid groups (broad SMARTS) is 1. The molecule has 20 nitrogen and oxygen atoms in total. The van der Waals surface area contributed by atoms with E-state index in [0.29, 0.717) is 6.42 Å².